The summed E-state index contributed by atoms with van der Waals surface area (Å²) < 4.78 is 6.73. The molecule has 0 bridgehead atoms. The van der Waals surface area contributed by atoms with Gasteiger partial charge in [0.1, 0.15) is 11.6 Å². The molecule has 1 amide bonds. The largest absolute Gasteiger partial charge is 0.497 e. The molecule has 7 nitrogen and oxygen atoms in total. The topological polar surface area (TPSA) is 90.5 Å². The van der Waals surface area contributed by atoms with Crippen LogP contribution in [-0.2, 0) is 11.2 Å². The Balaban J connectivity index is 1.41. The van der Waals surface area contributed by atoms with Crippen LogP contribution in [0.3, 0.4) is 0 Å². The minimum absolute atomic E-state index is 0.0174. The third-order valence-corrected chi connectivity index (χ3v) is 5.78. The first-order valence-corrected chi connectivity index (χ1v) is 10.3. The van der Waals surface area contributed by atoms with E-state index in [-0.39, 0.29) is 17.6 Å². The van der Waals surface area contributed by atoms with Crippen LogP contribution in [0.2, 0.25) is 0 Å². The number of hydrogen-bond acceptors (Lipinski definition) is 5. The maximum Gasteiger partial charge on any atom is 0.227 e. The number of ether oxygens (including phenoxy) is 1. The van der Waals surface area contributed by atoms with E-state index < -0.39 is 0 Å². The summed E-state index contributed by atoms with van der Waals surface area (Å²) in [6.45, 7) is 2.98. The van der Waals surface area contributed by atoms with Gasteiger partial charge < -0.3 is 15.4 Å². The summed E-state index contributed by atoms with van der Waals surface area (Å²) in [5.41, 5.74) is 9.53. The third-order valence-electron chi connectivity index (χ3n) is 5.78. The maximum absolute atomic E-state index is 13.1. The van der Waals surface area contributed by atoms with Crippen molar-refractivity contribution in [2.24, 2.45) is 5.92 Å². The number of rotatable bonds is 6. The molecule has 0 saturated carbocycles. The van der Waals surface area contributed by atoms with E-state index in [1.165, 1.54) is 6.20 Å². The second-order valence-electron chi connectivity index (χ2n) is 7.91. The van der Waals surface area contributed by atoms with Crippen molar-refractivity contribution in [3.63, 3.8) is 0 Å². The molecule has 1 fully saturated rings. The van der Waals surface area contributed by atoms with E-state index >= 15 is 0 Å². The van der Waals surface area contributed by atoms with E-state index in [2.05, 4.69) is 5.10 Å². The zero-order chi connectivity index (χ0) is 22.0. The molecular weight excluding hydrogens is 392 g/mol. The van der Waals surface area contributed by atoms with Gasteiger partial charge in [0.2, 0.25) is 5.91 Å². The molecule has 1 atom stereocenters. The van der Waals surface area contributed by atoms with Crippen LogP contribution in [-0.4, -0.2) is 46.6 Å². The van der Waals surface area contributed by atoms with Crippen LogP contribution < -0.4 is 10.5 Å². The van der Waals surface area contributed by atoms with Crippen LogP contribution >= 0.6 is 0 Å². The molecule has 0 radical (unpaired) electrons. The van der Waals surface area contributed by atoms with Crippen LogP contribution in [0, 0.1) is 12.8 Å². The fraction of sp³-hybridized carbons (Fsp3) is 0.292. The van der Waals surface area contributed by atoms with Crippen molar-refractivity contribution in [3.05, 3.63) is 71.4 Å². The molecule has 31 heavy (non-hydrogen) atoms. The van der Waals surface area contributed by atoms with E-state index in [4.69, 9.17) is 10.5 Å². The summed E-state index contributed by atoms with van der Waals surface area (Å²) in [5.74, 6) is 0.779. The predicted octanol–water partition coefficient (Wildman–Crippen LogP) is 3.05. The summed E-state index contributed by atoms with van der Waals surface area (Å²) in [5, 5.41) is 4.31. The number of likely N-dealkylation sites (tertiary alicyclic amines) is 1. The highest BCUT2D eigenvalue weighted by atomic mass is 16.5. The highest BCUT2D eigenvalue weighted by molar-refractivity contribution is 6.02. The van der Waals surface area contributed by atoms with Crippen LogP contribution in [0.5, 0.6) is 5.75 Å². The normalized spacial score (nSPS) is 15.8. The number of aromatic nitrogens is 2. The molecule has 2 heterocycles. The molecule has 7 heteroatoms. The number of anilines is 1. The first-order valence-electron chi connectivity index (χ1n) is 10.3. The molecule has 0 aliphatic carbocycles. The zero-order valence-corrected chi connectivity index (χ0v) is 17.7. The van der Waals surface area contributed by atoms with Crippen molar-refractivity contribution >= 4 is 17.5 Å². The van der Waals surface area contributed by atoms with Gasteiger partial charge in [-0.05, 0) is 43.2 Å². The lowest BCUT2D eigenvalue weighted by atomic mass is 9.98. The van der Waals surface area contributed by atoms with Crippen LogP contribution in [0.25, 0.3) is 5.69 Å². The molecule has 1 aliphatic heterocycles. The fourth-order valence-electron chi connectivity index (χ4n) is 3.89. The average Bonchev–Trinajstić information content (AvgIpc) is 3.42. The van der Waals surface area contributed by atoms with Gasteiger partial charge in [-0.15, -0.1) is 0 Å². The maximum atomic E-state index is 13.1. The zero-order valence-electron chi connectivity index (χ0n) is 17.7. The van der Waals surface area contributed by atoms with Crippen molar-refractivity contribution in [3.8, 4) is 11.4 Å². The number of carbonyl (C=O) groups excluding carboxylic acids is 2. The van der Waals surface area contributed by atoms with Crippen LogP contribution in [0.1, 0.15) is 27.9 Å². The number of nitrogens with two attached hydrogens (primary N) is 1. The predicted molar refractivity (Wildman–Crippen MR) is 118 cm³/mol. The number of nitrogen functional groups attached to an aromatic ring is 1. The number of amides is 1. The van der Waals surface area contributed by atoms with E-state index in [1.54, 1.807) is 16.7 Å². The van der Waals surface area contributed by atoms with Crippen LogP contribution in [0.4, 0.5) is 5.82 Å². The number of benzene rings is 2. The van der Waals surface area contributed by atoms with E-state index in [1.807, 2.05) is 55.5 Å². The average molecular weight is 418 g/mol. The van der Waals surface area contributed by atoms with Gasteiger partial charge in [0.15, 0.2) is 5.78 Å². The van der Waals surface area contributed by atoms with Gasteiger partial charge >= 0.3 is 0 Å². The van der Waals surface area contributed by atoms with Crippen molar-refractivity contribution < 1.29 is 14.3 Å². The second kappa shape index (κ2) is 8.63. The van der Waals surface area contributed by atoms with Gasteiger partial charge in [0.05, 0.1) is 31.0 Å². The van der Waals surface area contributed by atoms with Gasteiger partial charge in [-0.3, -0.25) is 9.59 Å². The molecule has 0 spiro atoms. The molecule has 1 aliphatic rings. The molecule has 1 aromatic heterocycles. The van der Waals surface area contributed by atoms with Gasteiger partial charge in [0.25, 0.3) is 0 Å². The number of aryl methyl sites for hydroxylation is 1. The molecular formula is C24H26N4O3. The molecule has 2 N–H and O–H groups in total. The van der Waals surface area contributed by atoms with Crippen molar-refractivity contribution in [2.45, 2.75) is 19.8 Å². The Morgan fingerprint density at radius 1 is 1.13 bits per heavy atom. The second-order valence-corrected chi connectivity index (χ2v) is 7.91. The van der Waals surface area contributed by atoms with Gasteiger partial charge in [-0.1, -0.05) is 29.8 Å². The molecule has 4 rings (SSSR count). The Morgan fingerprint density at radius 2 is 1.84 bits per heavy atom. The monoisotopic (exact) mass is 418 g/mol. The number of ketones is 1. The molecule has 2 aromatic carbocycles. The molecule has 1 unspecified atom stereocenters. The lowest BCUT2D eigenvalue weighted by Gasteiger charge is -2.16. The minimum atomic E-state index is -0.266. The first kappa shape index (κ1) is 20.7. The minimum Gasteiger partial charge on any atom is -0.497 e. The van der Waals surface area contributed by atoms with Gasteiger partial charge in [-0.25, -0.2) is 4.68 Å². The molecule has 3 aromatic rings. The Hall–Kier alpha value is -3.61. The van der Waals surface area contributed by atoms with Crippen molar-refractivity contribution in [1.29, 1.82) is 0 Å². The van der Waals surface area contributed by atoms with E-state index in [9.17, 15) is 9.59 Å². The summed E-state index contributed by atoms with van der Waals surface area (Å²) >= 11 is 0. The van der Waals surface area contributed by atoms with E-state index in [0.717, 1.165) is 22.6 Å². The van der Waals surface area contributed by atoms with Gasteiger partial charge in [0, 0.05) is 19.0 Å². The lowest BCUT2D eigenvalue weighted by molar-refractivity contribution is -0.129. The van der Waals surface area contributed by atoms with E-state index in [0.29, 0.717) is 37.3 Å². The number of nitrogens with zero attached hydrogens (tertiary/aromatic N) is 3. The highest BCUT2D eigenvalue weighted by Crippen LogP contribution is 2.26. The first-order chi connectivity index (χ1) is 15.0. The Bertz CT molecular complexity index is 1090. The molecule has 160 valence electrons. The SMILES string of the molecule is COc1ccc(CC(=O)N2CCC(C(=O)c3cnn(-c4ccc(C)cc4)c3N)C2)cc1. The summed E-state index contributed by atoms with van der Waals surface area (Å²) in [4.78, 5) is 27.5. The van der Waals surface area contributed by atoms with Crippen molar-refractivity contribution in [2.75, 3.05) is 25.9 Å². The Morgan fingerprint density at radius 3 is 2.52 bits per heavy atom. The number of carbonyl (C=O) groups is 2. The Labute approximate surface area is 181 Å². The molecule has 1 saturated heterocycles. The summed E-state index contributed by atoms with van der Waals surface area (Å²) in [7, 11) is 1.61. The standard InChI is InChI=1S/C24H26N4O3/c1-16-3-7-19(8-4-16)28-24(25)21(14-26-28)23(30)18-11-12-27(15-18)22(29)13-17-5-9-20(31-2)10-6-17/h3-10,14,18H,11-13,15,25H2,1-2H3. The number of hydrogen-bond donors (Lipinski definition) is 1. The van der Waals surface area contributed by atoms with Gasteiger partial charge in [-0.2, -0.15) is 5.10 Å². The highest BCUT2D eigenvalue weighted by Gasteiger charge is 2.33. The summed E-state index contributed by atoms with van der Waals surface area (Å²) in [6, 6.07) is 15.2. The lowest BCUT2D eigenvalue weighted by Crippen LogP contribution is -2.31. The summed E-state index contributed by atoms with van der Waals surface area (Å²) in [6.07, 6.45) is 2.46. The quantitative estimate of drug-likeness (QED) is 0.622. The number of Topliss-reactive ketones (excluding diaryl/α,β-unsaturated/α-hetero) is 1. The Kier molecular flexibility index (Phi) is 5.75. The van der Waals surface area contributed by atoms with Crippen LogP contribution in [0.15, 0.2) is 54.7 Å². The fourth-order valence-corrected chi connectivity index (χ4v) is 3.89. The smallest absolute Gasteiger partial charge is 0.227 e. The van der Waals surface area contributed by atoms with Crippen molar-refractivity contribution in [1.82, 2.24) is 14.7 Å². The third kappa shape index (κ3) is 4.30. The number of methoxy groups -OCH3 is 1.